The average molecular weight is 493 g/mol. The molecule has 0 bridgehead atoms. The zero-order valence-corrected chi connectivity index (χ0v) is 20.7. The topological polar surface area (TPSA) is 117 Å². The van der Waals surface area contributed by atoms with Crippen LogP contribution in [0.15, 0.2) is 48.5 Å². The number of amides is 2. The second-order valence-corrected chi connectivity index (χ2v) is 10.3. The third-order valence-corrected chi connectivity index (χ3v) is 8.26. The molecule has 3 aliphatic rings. The highest BCUT2D eigenvalue weighted by Crippen LogP contribution is 2.48. The Balaban J connectivity index is 1.35. The van der Waals surface area contributed by atoms with Crippen LogP contribution in [0.2, 0.25) is 0 Å². The number of anilines is 1. The smallest absolute Gasteiger partial charge is 0.251 e. The maximum atomic E-state index is 13.0. The maximum Gasteiger partial charge on any atom is 0.251 e. The van der Waals surface area contributed by atoms with Crippen molar-refractivity contribution < 1.29 is 19.4 Å². The van der Waals surface area contributed by atoms with Crippen LogP contribution in [0.1, 0.15) is 64.4 Å². The molecule has 36 heavy (non-hydrogen) atoms. The van der Waals surface area contributed by atoms with Crippen molar-refractivity contribution in [3.8, 4) is 0 Å². The molecule has 1 aliphatic carbocycles. The molecule has 2 aromatic carbocycles. The molecule has 8 nitrogen and oxygen atoms in total. The summed E-state index contributed by atoms with van der Waals surface area (Å²) in [5.74, 6) is -0.431. The number of fused-ring (bicyclic) bond motifs is 3. The van der Waals surface area contributed by atoms with Gasteiger partial charge in [-0.1, -0.05) is 31.0 Å². The van der Waals surface area contributed by atoms with E-state index in [1.54, 1.807) is 31.4 Å². The van der Waals surface area contributed by atoms with Gasteiger partial charge in [-0.2, -0.15) is 0 Å². The lowest BCUT2D eigenvalue weighted by atomic mass is 9.80. The van der Waals surface area contributed by atoms with Gasteiger partial charge in [0, 0.05) is 54.4 Å². The molecule has 2 heterocycles. The third kappa shape index (κ3) is 4.73. The molecule has 1 unspecified atom stereocenters. The van der Waals surface area contributed by atoms with Gasteiger partial charge in [0.1, 0.15) is 6.23 Å². The third-order valence-electron chi connectivity index (χ3n) is 8.26. The van der Waals surface area contributed by atoms with Crippen molar-refractivity contribution >= 4 is 17.5 Å². The Morgan fingerprint density at radius 1 is 1.11 bits per heavy atom. The number of ether oxygens (including phenoxy) is 1. The molecule has 1 saturated heterocycles. The number of aliphatic hydroxyl groups is 1. The van der Waals surface area contributed by atoms with Crippen molar-refractivity contribution in [1.82, 2.24) is 10.2 Å². The van der Waals surface area contributed by atoms with Crippen LogP contribution in [0.3, 0.4) is 0 Å². The number of nitrogens with zero attached hydrogens (tertiary/aromatic N) is 1. The van der Waals surface area contributed by atoms with E-state index in [4.69, 9.17) is 10.5 Å². The number of hydrogen-bond acceptors (Lipinski definition) is 6. The average Bonchev–Trinajstić information content (AvgIpc) is 3.35. The number of hydrogen-bond donors (Lipinski definition) is 4. The van der Waals surface area contributed by atoms with Gasteiger partial charge in [0.05, 0.1) is 12.6 Å². The lowest BCUT2D eigenvalue weighted by molar-refractivity contribution is -0.0727. The fraction of sp³-hybridized carbons (Fsp3) is 0.500. The number of rotatable bonds is 7. The molecule has 0 aromatic heterocycles. The van der Waals surface area contributed by atoms with Crippen molar-refractivity contribution in [3.63, 3.8) is 0 Å². The molecule has 5 rings (SSSR count). The van der Waals surface area contributed by atoms with E-state index in [2.05, 4.69) is 33.7 Å². The number of primary amides is 1. The fourth-order valence-corrected chi connectivity index (χ4v) is 6.49. The molecule has 192 valence electrons. The van der Waals surface area contributed by atoms with Crippen molar-refractivity contribution in [3.05, 3.63) is 65.2 Å². The minimum Gasteiger partial charge on any atom is -0.383 e. The molecule has 2 aliphatic heterocycles. The first-order chi connectivity index (χ1) is 17.5. The molecule has 0 radical (unpaired) electrons. The van der Waals surface area contributed by atoms with Gasteiger partial charge in [0.25, 0.3) is 5.91 Å². The first-order valence-corrected chi connectivity index (χ1v) is 13.0. The minimum absolute atomic E-state index is 0.0609. The lowest BCUT2D eigenvalue weighted by Crippen LogP contribution is -2.53. The number of likely N-dealkylation sites (tertiary alicyclic amines) is 1. The molecule has 2 fully saturated rings. The van der Waals surface area contributed by atoms with E-state index in [9.17, 15) is 14.7 Å². The lowest BCUT2D eigenvalue weighted by Gasteiger charge is -2.44. The molecule has 2 aromatic rings. The number of benzene rings is 2. The number of aliphatic hydroxyl groups excluding tert-OH is 1. The summed E-state index contributed by atoms with van der Waals surface area (Å²) < 4.78 is 5.52. The molecule has 0 spiro atoms. The SMILES string of the molecule is COC[C@@H]1Nc2ccccc2[C@H]2[C@@H]1CCN2C(O)[C@H]1CCCC[C@H]1NC(=O)c1ccc(C(N)=O)cc1. The Labute approximate surface area is 212 Å². The number of carbonyl (C=O) groups is 2. The molecule has 2 amide bonds. The maximum absolute atomic E-state index is 13.0. The Morgan fingerprint density at radius 3 is 2.58 bits per heavy atom. The largest absolute Gasteiger partial charge is 0.383 e. The predicted octanol–water partition coefficient (Wildman–Crippen LogP) is 2.90. The fourth-order valence-electron chi connectivity index (χ4n) is 6.49. The number of para-hydroxylation sites is 1. The first-order valence-electron chi connectivity index (χ1n) is 13.0. The summed E-state index contributed by atoms with van der Waals surface area (Å²) in [6.45, 7) is 1.43. The van der Waals surface area contributed by atoms with Crippen molar-refractivity contribution in [2.45, 2.75) is 56.5 Å². The normalized spacial score (nSPS) is 28.4. The van der Waals surface area contributed by atoms with E-state index >= 15 is 0 Å². The van der Waals surface area contributed by atoms with Crippen molar-refractivity contribution in [1.29, 1.82) is 0 Å². The Morgan fingerprint density at radius 2 is 1.83 bits per heavy atom. The molecular weight excluding hydrogens is 456 g/mol. The second kappa shape index (κ2) is 10.6. The second-order valence-electron chi connectivity index (χ2n) is 10.3. The Kier molecular flexibility index (Phi) is 7.27. The summed E-state index contributed by atoms with van der Waals surface area (Å²) >= 11 is 0. The molecular formula is C28H36N4O4. The molecule has 5 N–H and O–H groups in total. The van der Waals surface area contributed by atoms with Gasteiger partial charge in [-0.15, -0.1) is 0 Å². The van der Waals surface area contributed by atoms with E-state index in [1.807, 2.05) is 6.07 Å². The van der Waals surface area contributed by atoms with E-state index in [-0.39, 0.29) is 30.0 Å². The van der Waals surface area contributed by atoms with Gasteiger partial charge in [-0.05, 0) is 55.2 Å². The highest BCUT2D eigenvalue weighted by Gasteiger charge is 2.48. The van der Waals surface area contributed by atoms with Crippen LogP contribution in [0.5, 0.6) is 0 Å². The molecule has 1 saturated carbocycles. The van der Waals surface area contributed by atoms with Crippen LogP contribution >= 0.6 is 0 Å². The van der Waals surface area contributed by atoms with Crippen molar-refractivity contribution in [2.75, 3.05) is 25.6 Å². The van der Waals surface area contributed by atoms with Gasteiger partial charge in [-0.25, -0.2) is 0 Å². The van der Waals surface area contributed by atoms with E-state index < -0.39 is 12.1 Å². The summed E-state index contributed by atoms with van der Waals surface area (Å²) in [5, 5.41) is 18.6. The van der Waals surface area contributed by atoms with Gasteiger partial charge in [-0.3, -0.25) is 14.5 Å². The zero-order chi connectivity index (χ0) is 25.2. The summed E-state index contributed by atoms with van der Waals surface area (Å²) in [5.41, 5.74) is 8.50. The summed E-state index contributed by atoms with van der Waals surface area (Å²) in [6.07, 6.45) is 4.07. The number of carbonyl (C=O) groups excluding carboxylic acids is 2. The monoisotopic (exact) mass is 492 g/mol. The zero-order valence-electron chi connectivity index (χ0n) is 20.7. The molecule has 6 atom stereocenters. The van der Waals surface area contributed by atoms with Crippen LogP contribution in [0.25, 0.3) is 0 Å². The highest BCUT2D eigenvalue weighted by molar-refractivity contribution is 5.97. The first kappa shape index (κ1) is 24.7. The number of nitrogens with one attached hydrogen (secondary N) is 2. The minimum atomic E-state index is -0.655. The predicted molar refractivity (Wildman–Crippen MR) is 137 cm³/mol. The highest BCUT2D eigenvalue weighted by atomic mass is 16.5. The van der Waals surface area contributed by atoms with E-state index in [0.29, 0.717) is 23.7 Å². The summed E-state index contributed by atoms with van der Waals surface area (Å²) in [4.78, 5) is 26.7. The quantitative estimate of drug-likeness (QED) is 0.472. The van der Waals surface area contributed by atoms with Gasteiger partial charge in [0.2, 0.25) is 5.91 Å². The van der Waals surface area contributed by atoms with Crippen LogP contribution < -0.4 is 16.4 Å². The Bertz CT molecular complexity index is 1090. The number of nitrogens with two attached hydrogens (primary N) is 1. The van der Waals surface area contributed by atoms with Gasteiger partial charge in [0.15, 0.2) is 0 Å². The summed E-state index contributed by atoms with van der Waals surface area (Å²) in [7, 11) is 1.73. The Hall–Kier alpha value is -2.94. The van der Waals surface area contributed by atoms with Gasteiger partial charge < -0.3 is 26.2 Å². The van der Waals surface area contributed by atoms with Gasteiger partial charge >= 0.3 is 0 Å². The standard InChI is InChI=1S/C28H36N4O4/c1-36-16-24-20-14-15-32(25(20)19-6-2-4-8-22(19)30-24)28(35)21-7-3-5-9-23(21)31-27(34)18-12-10-17(11-13-18)26(29)33/h2,4,6,8,10-13,20-21,23-25,28,30,35H,3,5,7,9,14-16H2,1H3,(H2,29,33)(H,31,34)/t20-,21+,23-,24+,25+,28?/m1/s1. The number of methoxy groups -OCH3 is 1. The van der Waals surface area contributed by atoms with Crippen LogP contribution in [0, 0.1) is 11.8 Å². The molecule has 8 heteroatoms. The van der Waals surface area contributed by atoms with Crippen LogP contribution in [0.4, 0.5) is 5.69 Å². The van der Waals surface area contributed by atoms with Crippen LogP contribution in [-0.4, -0.2) is 60.4 Å². The van der Waals surface area contributed by atoms with E-state index in [1.165, 1.54) is 5.56 Å². The van der Waals surface area contributed by atoms with E-state index in [0.717, 1.165) is 44.3 Å². The summed E-state index contributed by atoms with van der Waals surface area (Å²) in [6, 6.07) is 14.9. The van der Waals surface area contributed by atoms with Crippen molar-refractivity contribution in [2.24, 2.45) is 17.6 Å². The van der Waals surface area contributed by atoms with Crippen LogP contribution in [-0.2, 0) is 4.74 Å².